The second-order valence-electron chi connectivity index (χ2n) is 14.2. The van der Waals surface area contributed by atoms with Crippen LogP contribution in [-0.2, 0) is 30.2 Å². The Labute approximate surface area is 327 Å². The van der Waals surface area contributed by atoms with Crippen molar-refractivity contribution in [2.75, 3.05) is 26.2 Å². The fraction of sp³-hybridized carbons (Fsp3) is 0.459. The summed E-state index contributed by atoms with van der Waals surface area (Å²) >= 11 is 6.63. The smallest absolute Gasteiger partial charge is 0.396 e. The molecule has 302 valence electrons. The molecule has 2 saturated heterocycles. The van der Waals surface area contributed by atoms with Crippen molar-refractivity contribution >= 4 is 65.2 Å². The van der Waals surface area contributed by atoms with Crippen LogP contribution in [0.4, 0.5) is 0 Å². The predicted octanol–water partition coefficient (Wildman–Crippen LogP) is 1.96. The van der Waals surface area contributed by atoms with Gasteiger partial charge >= 0.3 is 7.60 Å². The molecule has 4 atom stereocenters. The monoisotopic (exact) mass is 815 g/mol. The van der Waals surface area contributed by atoms with Crippen LogP contribution in [0.3, 0.4) is 0 Å². The van der Waals surface area contributed by atoms with E-state index < -0.39 is 36.9 Å². The Morgan fingerprint density at radius 3 is 2.50 bits per heavy atom. The van der Waals surface area contributed by atoms with Gasteiger partial charge in [-0.25, -0.2) is 0 Å². The average molecular weight is 816 g/mol. The highest BCUT2D eigenvalue weighted by Crippen LogP contribution is 2.39. The third-order valence-electron chi connectivity index (χ3n) is 10.2. The molecule has 19 heteroatoms. The van der Waals surface area contributed by atoms with Crippen LogP contribution in [0.15, 0.2) is 42.5 Å². The molecule has 2 fully saturated rings. The topological polar surface area (TPSA) is 268 Å². The van der Waals surface area contributed by atoms with E-state index in [1.54, 1.807) is 17.0 Å². The van der Waals surface area contributed by atoms with Crippen LogP contribution in [0.1, 0.15) is 78.3 Å². The molecular formula is C37H47ClN7O10P. The van der Waals surface area contributed by atoms with Gasteiger partial charge in [0.15, 0.2) is 0 Å². The van der Waals surface area contributed by atoms with Crippen LogP contribution in [0, 0.1) is 0 Å². The maximum Gasteiger partial charge on any atom is 0.396 e. The molecule has 2 aromatic carbocycles. The van der Waals surface area contributed by atoms with E-state index in [-0.39, 0.29) is 67.2 Å². The van der Waals surface area contributed by atoms with Crippen LogP contribution in [0.5, 0.6) is 5.75 Å². The highest BCUT2D eigenvalue weighted by Gasteiger charge is 2.42. The number of primary amides is 2. The van der Waals surface area contributed by atoms with Gasteiger partial charge in [-0.1, -0.05) is 23.7 Å². The van der Waals surface area contributed by atoms with Gasteiger partial charge in [0.2, 0.25) is 23.6 Å². The maximum atomic E-state index is 14.4. The zero-order valence-electron chi connectivity index (χ0n) is 30.9. The zero-order valence-corrected chi connectivity index (χ0v) is 32.5. The van der Waals surface area contributed by atoms with Crippen LogP contribution in [-0.4, -0.2) is 110 Å². The van der Waals surface area contributed by atoms with E-state index in [4.69, 9.17) is 27.8 Å². The zero-order chi connectivity index (χ0) is 40.7. The van der Waals surface area contributed by atoms with Gasteiger partial charge in [0.1, 0.15) is 24.1 Å². The standard InChI is InChI=1S/C37H47ClN7O10P/c1-21(46)44-15-14-26-10-11-27(18-41-25(9-13-33(40)48)20-55-31-6-2-4-22(34(31)38)5-3-7-32(39)47)45(26)36(50)30(19-44)43-35(49)29-17-24-16-23(8-12-28(24)42-29)37(51)56(52,53)54/h2,4,6,8,12,16-17,25-27,30,41-42H,3,5,7,9-11,13-15,18-20H2,1H3,(H2,39,47)(H2,40,48)(H,43,49)(H2,52,53,54)/t25?,26-,27+,30?/m1/s1. The molecule has 0 saturated carbocycles. The molecule has 2 aliphatic rings. The van der Waals surface area contributed by atoms with Crippen molar-refractivity contribution < 1.29 is 47.9 Å². The molecule has 0 radical (unpaired) electrons. The largest absolute Gasteiger partial charge is 0.490 e. The number of nitrogens with one attached hydrogen (secondary N) is 3. The number of carbonyl (C=O) groups excluding carboxylic acids is 6. The first kappa shape index (κ1) is 42.3. The van der Waals surface area contributed by atoms with E-state index in [9.17, 15) is 43.1 Å². The maximum absolute atomic E-state index is 14.4. The molecule has 3 heterocycles. The summed E-state index contributed by atoms with van der Waals surface area (Å²) in [7, 11) is -5.03. The quantitative estimate of drug-likeness (QED) is 0.0969. The Kier molecular flexibility index (Phi) is 13.9. The minimum Gasteiger partial charge on any atom is -0.490 e. The van der Waals surface area contributed by atoms with Crippen molar-refractivity contribution in [2.24, 2.45) is 11.5 Å². The highest BCUT2D eigenvalue weighted by molar-refractivity contribution is 7.70. The number of fused-ring (bicyclic) bond motifs is 2. The molecule has 5 amide bonds. The van der Waals surface area contributed by atoms with E-state index in [1.165, 1.54) is 36.1 Å². The van der Waals surface area contributed by atoms with Gasteiger partial charge in [0.05, 0.1) is 5.02 Å². The molecule has 2 aliphatic heterocycles. The highest BCUT2D eigenvalue weighted by atomic mass is 35.5. The fourth-order valence-electron chi connectivity index (χ4n) is 7.23. The number of ether oxygens (including phenoxy) is 1. The van der Waals surface area contributed by atoms with Gasteiger partial charge in [-0.05, 0) is 74.4 Å². The lowest BCUT2D eigenvalue weighted by molar-refractivity contribution is -0.140. The normalized spacial score (nSPS) is 19.2. The number of carbonyl (C=O) groups is 6. The average Bonchev–Trinajstić information content (AvgIpc) is 3.75. The molecule has 17 nitrogen and oxygen atoms in total. The van der Waals surface area contributed by atoms with Gasteiger partial charge < -0.3 is 51.4 Å². The van der Waals surface area contributed by atoms with E-state index >= 15 is 0 Å². The summed E-state index contributed by atoms with van der Waals surface area (Å²) < 4.78 is 17.6. The van der Waals surface area contributed by atoms with Crippen molar-refractivity contribution in [1.29, 1.82) is 0 Å². The first-order valence-electron chi connectivity index (χ1n) is 18.3. The third-order valence-corrected chi connectivity index (χ3v) is 11.4. The van der Waals surface area contributed by atoms with Crippen molar-refractivity contribution in [3.05, 3.63) is 64.3 Å². The second-order valence-corrected chi connectivity index (χ2v) is 16.1. The molecule has 2 unspecified atom stereocenters. The van der Waals surface area contributed by atoms with Gasteiger partial charge in [-0.2, -0.15) is 0 Å². The summed E-state index contributed by atoms with van der Waals surface area (Å²) in [5.74, 6) is -1.71. The van der Waals surface area contributed by atoms with Crippen molar-refractivity contribution in [2.45, 2.75) is 82.5 Å². The number of nitrogens with zero attached hydrogens (tertiary/aromatic N) is 2. The molecule has 3 aromatic rings. The minimum atomic E-state index is -5.03. The Hall–Kier alpha value is -4.80. The number of halogens is 1. The van der Waals surface area contributed by atoms with Crippen LogP contribution < -0.4 is 26.8 Å². The number of nitrogens with two attached hydrogens (primary N) is 2. The first-order valence-corrected chi connectivity index (χ1v) is 20.3. The summed E-state index contributed by atoms with van der Waals surface area (Å²) in [6.07, 6.45) is 3.59. The summed E-state index contributed by atoms with van der Waals surface area (Å²) in [4.78, 5) is 100. The number of H-pyrrole nitrogens is 1. The molecular weight excluding hydrogens is 769 g/mol. The minimum absolute atomic E-state index is 0.0368. The number of aryl methyl sites for hydroxylation is 1. The Balaban J connectivity index is 1.29. The van der Waals surface area contributed by atoms with Crippen LogP contribution in [0.2, 0.25) is 5.02 Å². The van der Waals surface area contributed by atoms with Crippen molar-refractivity contribution in [3.8, 4) is 5.75 Å². The first-order chi connectivity index (χ1) is 26.5. The predicted molar refractivity (Wildman–Crippen MR) is 206 cm³/mol. The van der Waals surface area contributed by atoms with E-state index in [2.05, 4.69) is 15.6 Å². The van der Waals surface area contributed by atoms with Crippen molar-refractivity contribution in [3.63, 3.8) is 0 Å². The summed E-state index contributed by atoms with van der Waals surface area (Å²) in [5, 5.41) is 6.99. The molecule has 0 bridgehead atoms. The number of aromatic nitrogens is 1. The molecule has 0 aliphatic carbocycles. The molecule has 1 aromatic heterocycles. The summed E-state index contributed by atoms with van der Waals surface area (Å²) in [6.45, 7) is 2.18. The Bertz CT molecular complexity index is 2040. The molecule has 5 rings (SSSR count). The summed E-state index contributed by atoms with van der Waals surface area (Å²) in [5.41, 5.74) is 10.4. The molecule has 56 heavy (non-hydrogen) atoms. The second kappa shape index (κ2) is 18.4. The van der Waals surface area contributed by atoms with E-state index in [1.807, 2.05) is 6.07 Å². The van der Waals surface area contributed by atoms with Gasteiger partial charge in [0.25, 0.3) is 11.4 Å². The van der Waals surface area contributed by atoms with E-state index in [0.29, 0.717) is 73.3 Å². The number of hydrogen-bond acceptors (Lipinski definition) is 9. The molecule has 9 N–H and O–H groups in total. The Morgan fingerprint density at radius 2 is 1.80 bits per heavy atom. The number of aromatic amines is 1. The lowest BCUT2D eigenvalue weighted by Gasteiger charge is -2.39. The lowest BCUT2D eigenvalue weighted by Crippen LogP contribution is -2.60. The fourth-order valence-corrected chi connectivity index (χ4v) is 7.98. The van der Waals surface area contributed by atoms with Crippen LogP contribution >= 0.6 is 19.2 Å². The number of amides is 5. The van der Waals surface area contributed by atoms with Gasteiger partial charge in [-0.3, -0.25) is 33.3 Å². The third kappa shape index (κ3) is 10.7. The van der Waals surface area contributed by atoms with Gasteiger partial charge in [0, 0.05) is 74.0 Å². The number of rotatable bonds is 17. The lowest BCUT2D eigenvalue weighted by atomic mass is 10.1. The van der Waals surface area contributed by atoms with Gasteiger partial charge in [-0.15, -0.1) is 0 Å². The van der Waals surface area contributed by atoms with E-state index in [0.717, 1.165) is 5.56 Å². The molecule has 0 spiro atoms. The number of hydrogen-bond donors (Lipinski definition) is 7. The van der Waals surface area contributed by atoms with Crippen LogP contribution in [0.25, 0.3) is 10.9 Å². The van der Waals surface area contributed by atoms with Crippen molar-refractivity contribution in [1.82, 2.24) is 25.4 Å². The SMILES string of the molecule is CC(=O)N1CC[C@H]2CC[C@@H](CNC(CCC(N)=O)COc3cccc(CCCC(N)=O)c3Cl)N2C(=O)C(NC(=O)c2cc3cc(C(=O)P(=O)(O)O)ccc3[nH]2)C1. The number of benzene rings is 2. The summed E-state index contributed by atoms with van der Waals surface area (Å²) in [6, 6.07) is 8.73. The Morgan fingerprint density at radius 1 is 1.05 bits per heavy atom.